The third-order valence-corrected chi connectivity index (χ3v) is 8.36. The van der Waals surface area contributed by atoms with Crippen LogP contribution >= 0.6 is 0 Å². The lowest BCUT2D eigenvalue weighted by Gasteiger charge is -2.32. The van der Waals surface area contributed by atoms with Gasteiger partial charge in [0.05, 0.1) is 10.6 Å². The first kappa shape index (κ1) is 28.9. The molecule has 3 aromatic carbocycles. The van der Waals surface area contributed by atoms with Gasteiger partial charge in [-0.05, 0) is 63.9 Å². The van der Waals surface area contributed by atoms with Crippen molar-refractivity contribution in [2.45, 2.75) is 64.6 Å². The van der Waals surface area contributed by atoms with E-state index in [-0.39, 0.29) is 23.4 Å². The maximum absolute atomic E-state index is 13.9. The minimum atomic E-state index is -4.06. The number of hydrogen-bond donors (Lipinski definition) is 1. The number of hydrogen-bond acceptors (Lipinski definition) is 4. The molecule has 0 heterocycles. The Hall–Kier alpha value is -3.65. The van der Waals surface area contributed by atoms with E-state index in [2.05, 4.69) is 5.32 Å². The number of carbonyl (C=O) groups is 2. The monoisotopic (exact) mass is 535 g/mol. The van der Waals surface area contributed by atoms with E-state index in [9.17, 15) is 18.0 Å². The molecule has 0 aliphatic carbocycles. The highest BCUT2D eigenvalue weighted by Crippen LogP contribution is 2.24. The second-order valence-electron chi connectivity index (χ2n) is 9.66. The topological polar surface area (TPSA) is 86.8 Å². The number of anilines is 1. The van der Waals surface area contributed by atoms with Gasteiger partial charge >= 0.3 is 0 Å². The molecular weight excluding hydrogens is 498 g/mol. The van der Waals surface area contributed by atoms with Gasteiger partial charge in [0.1, 0.15) is 12.6 Å². The number of amides is 2. The minimum absolute atomic E-state index is 0.0518. The molecule has 0 aliphatic heterocycles. The van der Waals surface area contributed by atoms with Crippen LogP contribution in [-0.2, 0) is 26.2 Å². The average molecular weight is 536 g/mol. The highest BCUT2D eigenvalue weighted by atomic mass is 32.2. The lowest BCUT2D eigenvalue weighted by Crippen LogP contribution is -2.52. The third kappa shape index (κ3) is 7.22. The van der Waals surface area contributed by atoms with Gasteiger partial charge in [-0.25, -0.2) is 8.42 Å². The van der Waals surface area contributed by atoms with Gasteiger partial charge in [-0.15, -0.1) is 0 Å². The normalized spacial score (nSPS) is 12.9. The van der Waals surface area contributed by atoms with Crippen LogP contribution in [0.5, 0.6) is 0 Å². The van der Waals surface area contributed by atoms with Crippen molar-refractivity contribution in [3.63, 3.8) is 0 Å². The summed E-state index contributed by atoms with van der Waals surface area (Å²) < 4.78 is 28.6. The molecule has 202 valence electrons. The highest BCUT2D eigenvalue weighted by molar-refractivity contribution is 7.92. The summed E-state index contributed by atoms with van der Waals surface area (Å²) >= 11 is 0. The van der Waals surface area contributed by atoms with Crippen molar-refractivity contribution in [1.29, 1.82) is 0 Å². The van der Waals surface area contributed by atoms with Gasteiger partial charge in [0, 0.05) is 12.6 Å². The van der Waals surface area contributed by atoms with Crippen molar-refractivity contribution < 1.29 is 18.0 Å². The Kier molecular flexibility index (Phi) is 9.69. The van der Waals surface area contributed by atoms with E-state index in [1.807, 2.05) is 52.0 Å². The van der Waals surface area contributed by atoms with E-state index in [0.29, 0.717) is 5.69 Å². The summed E-state index contributed by atoms with van der Waals surface area (Å²) in [6.45, 7) is 9.12. The quantitative estimate of drug-likeness (QED) is 0.381. The predicted octanol–water partition coefficient (Wildman–Crippen LogP) is 4.83. The molecule has 0 saturated heterocycles. The molecule has 3 aromatic rings. The van der Waals surface area contributed by atoms with E-state index in [1.165, 1.54) is 17.0 Å². The first-order chi connectivity index (χ1) is 18.0. The Morgan fingerprint density at radius 2 is 1.39 bits per heavy atom. The number of aryl methyl sites for hydroxylation is 2. The molecule has 0 aromatic heterocycles. The molecule has 8 heteroatoms. The number of para-hydroxylation sites is 1. The molecule has 0 unspecified atom stereocenters. The molecular formula is C30H37N3O4S. The van der Waals surface area contributed by atoms with Crippen LogP contribution in [-0.4, -0.2) is 43.8 Å². The Bertz CT molecular complexity index is 1320. The molecule has 0 bridgehead atoms. The molecule has 2 atom stereocenters. The number of carbonyl (C=O) groups excluding carboxylic acids is 2. The van der Waals surface area contributed by atoms with Gasteiger partial charge in [0.15, 0.2) is 0 Å². The summed E-state index contributed by atoms with van der Waals surface area (Å²) in [6.07, 6.45) is 0.751. The zero-order valence-electron chi connectivity index (χ0n) is 22.7. The van der Waals surface area contributed by atoms with Crippen molar-refractivity contribution in [1.82, 2.24) is 10.2 Å². The largest absolute Gasteiger partial charge is 0.352 e. The van der Waals surface area contributed by atoms with Gasteiger partial charge in [-0.2, -0.15) is 0 Å². The Morgan fingerprint density at radius 1 is 0.842 bits per heavy atom. The molecule has 7 nitrogen and oxygen atoms in total. The zero-order valence-corrected chi connectivity index (χ0v) is 23.5. The number of benzene rings is 3. The van der Waals surface area contributed by atoms with Gasteiger partial charge in [-0.1, -0.05) is 72.6 Å². The SMILES string of the molecule is CC[C@H](C)NC(=O)[C@H](C)N(Cc1ccc(C)cc1)C(=O)CN(c1ccccc1)S(=O)(=O)c1ccc(C)cc1. The van der Waals surface area contributed by atoms with Crippen LogP contribution in [0.1, 0.15) is 43.9 Å². The van der Waals surface area contributed by atoms with Crippen molar-refractivity contribution in [3.05, 3.63) is 95.6 Å². The maximum Gasteiger partial charge on any atom is 0.264 e. The van der Waals surface area contributed by atoms with Crippen molar-refractivity contribution >= 4 is 27.5 Å². The van der Waals surface area contributed by atoms with Crippen LogP contribution in [0, 0.1) is 13.8 Å². The number of sulfonamides is 1. The van der Waals surface area contributed by atoms with Crippen LogP contribution in [0.4, 0.5) is 5.69 Å². The summed E-state index contributed by atoms with van der Waals surface area (Å²) in [5, 5.41) is 2.94. The summed E-state index contributed by atoms with van der Waals surface area (Å²) in [7, 11) is -4.06. The van der Waals surface area contributed by atoms with Gasteiger partial charge in [0.25, 0.3) is 10.0 Å². The molecule has 3 rings (SSSR count). The fourth-order valence-electron chi connectivity index (χ4n) is 3.90. The molecule has 1 N–H and O–H groups in total. The van der Waals surface area contributed by atoms with E-state index in [0.717, 1.165) is 27.4 Å². The number of rotatable bonds is 11. The minimum Gasteiger partial charge on any atom is -0.352 e. The van der Waals surface area contributed by atoms with Crippen molar-refractivity contribution in [3.8, 4) is 0 Å². The predicted molar refractivity (Wildman–Crippen MR) is 151 cm³/mol. The zero-order chi connectivity index (χ0) is 27.9. The molecule has 0 saturated carbocycles. The van der Waals surface area contributed by atoms with Crippen molar-refractivity contribution in [2.24, 2.45) is 0 Å². The van der Waals surface area contributed by atoms with E-state index in [1.54, 1.807) is 49.4 Å². The number of nitrogens with zero attached hydrogens (tertiary/aromatic N) is 2. The maximum atomic E-state index is 13.9. The van der Waals surface area contributed by atoms with E-state index >= 15 is 0 Å². The summed E-state index contributed by atoms with van der Waals surface area (Å²) in [5.74, 6) is -0.760. The lowest BCUT2D eigenvalue weighted by atomic mass is 10.1. The molecule has 0 fully saturated rings. The summed E-state index contributed by atoms with van der Waals surface area (Å²) in [5.41, 5.74) is 3.22. The Labute approximate surface area is 226 Å². The van der Waals surface area contributed by atoms with Gasteiger partial charge < -0.3 is 10.2 Å². The van der Waals surface area contributed by atoms with Crippen LogP contribution in [0.25, 0.3) is 0 Å². The Morgan fingerprint density at radius 3 is 1.95 bits per heavy atom. The average Bonchev–Trinajstić information content (AvgIpc) is 2.91. The molecule has 0 aliphatic rings. The molecule has 0 spiro atoms. The third-order valence-electron chi connectivity index (χ3n) is 6.57. The van der Waals surface area contributed by atoms with Crippen molar-refractivity contribution in [2.75, 3.05) is 10.8 Å². The van der Waals surface area contributed by atoms with Gasteiger partial charge in [0.2, 0.25) is 11.8 Å². The fourth-order valence-corrected chi connectivity index (χ4v) is 5.31. The highest BCUT2D eigenvalue weighted by Gasteiger charge is 2.32. The lowest BCUT2D eigenvalue weighted by molar-refractivity contribution is -0.139. The first-order valence-electron chi connectivity index (χ1n) is 12.8. The van der Waals surface area contributed by atoms with Crippen LogP contribution in [0.15, 0.2) is 83.8 Å². The number of nitrogens with one attached hydrogen (secondary N) is 1. The summed E-state index contributed by atoms with van der Waals surface area (Å²) in [4.78, 5) is 28.5. The van der Waals surface area contributed by atoms with Crippen LogP contribution < -0.4 is 9.62 Å². The smallest absolute Gasteiger partial charge is 0.264 e. The molecule has 38 heavy (non-hydrogen) atoms. The second-order valence-corrected chi connectivity index (χ2v) is 11.5. The van der Waals surface area contributed by atoms with Crippen LogP contribution in [0.3, 0.4) is 0 Å². The fraction of sp³-hybridized carbons (Fsp3) is 0.333. The molecule has 0 radical (unpaired) electrons. The van der Waals surface area contributed by atoms with E-state index in [4.69, 9.17) is 0 Å². The standard InChI is InChI=1S/C30H37N3O4S/c1-6-24(4)31-30(35)25(5)32(20-26-16-12-22(2)13-17-26)29(34)21-33(27-10-8-7-9-11-27)38(36,37)28-18-14-23(3)15-19-28/h7-19,24-25H,6,20-21H2,1-5H3,(H,31,35)/t24-,25-/m0/s1. The van der Waals surface area contributed by atoms with E-state index < -0.39 is 28.5 Å². The first-order valence-corrected chi connectivity index (χ1v) is 14.3. The van der Waals surface area contributed by atoms with Gasteiger partial charge in [-0.3, -0.25) is 13.9 Å². The second kappa shape index (κ2) is 12.7. The van der Waals surface area contributed by atoms with Crippen LogP contribution in [0.2, 0.25) is 0 Å². The Balaban J connectivity index is 1.99. The molecule has 2 amide bonds. The summed E-state index contributed by atoms with van der Waals surface area (Å²) in [6, 6.07) is 21.9.